The summed E-state index contributed by atoms with van der Waals surface area (Å²) in [4.78, 5) is 0. The van der Waals surface area contributed by atoms with Crippen LogP contribution in [0.15, 0.2) is 130 Å². The number of benzene rings is 6. The Morgan fingerprint density at radius 3 is 1.31 bits per heavy atom. The molecule has 0 unspecified atom stereocenters. The number of halogens is 2. The highest BCUT2D eigenvalue weighted by Crippen LogP contribution is 2.33. The van der Waals surface area contributed by atoms with Gasteiger partial charge < -0.3 is 0 Å². The first-order valence-corrected chi connectivity index (χ1v) is 15.3. The van der Waals surface area contributed by atoms with E-state index in [0.29, 0.717) is 0 Å². The highest BCUT2D eigenvalue weighted by molar-refractivity contribution is 9.10. The fourth-order valence-electron chi connectivity index (χ4n) is 6.10. The molecule has 0 atom stereocenters. The number of fused-ring (bicyclic) bond motifs is 5. The first-order valence-electron chi connectivity index (χ1n) is 11.7. The van der Waals surface area contributed by atoms with Crippen LogP contribution in [0.25, 0.3) is 32.7 Å². The van der Waals surface area contributed by atoms with Gasteiger partial charge in [-0.15, -0.1) is 0 Å². The summed E-state index contributed by atoms with van der Waals surface area (Å²) in [5.41, 5.74) is 2.70. The Kier molecular flexibility index (Phi) is 4.89. The van der Waals surface area contributed by atoms with Crippen molar-refractivity contribution < 1.29 is 0 Å². The van der Waals surface area contributed by atoms with Crippen LogP contribution >= 0.6 is 31.9 Å². The van der Waals surface area contributed by atoms with Crippen LogP contribution in [0.4, 0.5) is 0 Å². The third kappa shape index (κ3) is 3.02. The molecular formula is C32H20Br2Si. The van der Waals surface area contributed by atoms with Gasteiger partial charge in [-0.25, -0.2) is 0 Å². The predicted octanol–water partition coefficient (Wildman–Crippen LogP) is 6.88. The van der Waals surface area contributed by atoms with E-state index in [-0.39, 0.29) is 0 Å². The molecular weight excluding hydrogens is 572 g/mol. The standard InChI is InChI=1S/C32H20Br2Si/c33-23-15-17-27-28-18-16-24(34)20-32(28)35(31(27)19-23,29-13-5-9-21-7-1-3-11-25(21)29)30-14-6-10-22-8-2-4-12-26(22)30/h1-20H. The maximum absolute atomic E-state index is 3.83. The summed E-state index contributed by atoms with van der Waals surface area (Å²) in [5, 5.41) is 11.1. The molecule has 1 aliphatic heterocycles. The van der Waals surface area contributed by atoms with Crippen LogP contribution in [-0.4, -0.2) is 8.07 Å². The molecule has 0 spiro atoms. The van der Waals surface area contributed by atoms with Gasteiger partial charge in [0.2, 0.25) is 0 Å². The lowest BCUT2D eigenvalue weighted by Crippen LogP contribution is -2.73. The Morgan fingerprint density at radius 1 is 0.400 bits per heavy atom. The monoisotopic (exact) mass is 590 g/mol. The minimum Gasteiger partial charge on any atom is -0.0617 e. The van der Waals surface area contributed by atoms with Crippen molar-refractivity contribution in [3.05, 3.63) is 130 Å². The van der Waals surface area contributed by atoms with Crippen molar-refractivity contribution in [2.45, 2.75) is 0 Å². The number of rotatable bonds is 2. The van der Waals surface area contributed by atoms with Crippen molar-refractivity contribution >= 4 is 82.2 Å². The molecule has 166 valence electrons. The Bertz CT molecular complexity index is 1640. The molecule has 0 nitrogen and oxygen atoms in total. The second-order valence-corrected chi connectivity index (χ2v) is 14.7. The molecule has 6 aromatic rings. The molecule has 0 fully saturated rings. The molecule has 3 heteroatoms. The average molecular weight is 592 g/mol. The van der Waals surface area contributed by atoms with E-state index in [9.17, 15) is 0 Å². The molecule has 1 heterocycles. The fraction of sp³-hybridized carbons (Fsp3) is 0. The van der Waals surface area contributed by atoms with Crippen LogP contribution in [-0.2, 0) is 0 Å². The summed E-state index contributed by atoms with van der Waals surface area (Å²) in [6.45, 7) is 0. The zero-order valence-electron chi connectivity index (χ0n) is 18.8. The summed E-state index contributed by atoms with van der Waals surface area (Å²) >= 11 is 7.67. The Hall–Kier alpha value is -2.98. The maximum atomic E-state index is 3.83. The summed E-state index contributed by atoms with van der Waals surface area (Å²) in [6.07, 6.45) is 0. The topological polar surface area (TPSA) is 0 Å². The molecule has 0 N–H and O–H groups in total. The van der Waals surface area contributed by atoms with Crippen molar-refractivity contribution in [1.29, 1.82) is 0 Å². The van der Waals surface area contributed by atoms with E-state index >= 15 is 0 Å². The van der Waals surface area contributed by atoms with E-state index in [0.717, 1.165) is 8.95 Å². The van der Waals surface area contributed by atoms with Crippen LogP contribution in [0.3, 0.4) is 0 Å². The zero-order valence-corrected chi connectivity index (χ0v) is 23.0. The molecule has 0 radical (unpaired) electrons. The first-order chi connectivity index (χ1) is 17.2. The second kappa shape index (κ2) is 8.02. The van der Waals surface area contributed by atoms with Crippen molar-refractivity contribution in [1.82, 2.24) is 0 Å². The van der Waals surface area contributed by atoms with Crippen molar-refractivity contribution in [3.63, 3.8) is 0 Å². The lowest BCUT2D eigenvalue weighted by Gasteiger charge is -2.33. The largest absolute Gasteiger partial charge is 0.182 e. The van der Waals surface area contributed by atoms with Crippen LogP contribution < -0.4 is 20.7 Å². The van der Waals surface area contributed by atoms with E-state index in [2.05, 4.69) is 153 Å². The van der Waals surface area contributed by atoms with E-state index in [1.54, 1.807) is 0 Å². The van der Waals surface area contributed by atoms with E-state index in [1.165, 1.54) is 53.4 Å². The van der Waals surface area contributed by atoms with E-state index in [1.807, 2.05) is 0 Å². The van der Waals surface area contributed by atoms with Crippen molar-refractivity contribution in [3.8, 4) is 11.1 Å². The van der Waals surface area contributed by atoms with Crippen molar-refractivity contribution in [2.75, 3.05) is 0 Å². The van der Waals surface area contributed by atoms with Gasteiger partial charge in [-0.05, 0) is 77.7 Å². The van der Waals surface area contributed by atoms with Crippen molar-refractivity contribution in [2.24, 2.45) is 0 Å². The van der Waals surface area contributed by atoms with Gasteiger partial charge in [-0.1, -0.05) is 129 Å². The van der Waals surface area contributed by atoms with Gasteiger partial charge >= 0.3 is 0 Å². The van der Waals surface area contributed by atoms with Gasteiger partial charge in [-0.3, -0.25) is 0 Å². The molecule has 0 bridgehead atoms. The van der Waals surface area contributed by atoms with Gasteiger partial charge in [0.1, 0.15) is 0 Å². The lowest BCUT2D eigenvalue weighted by atomic mass is 10.1. The quantitative estimate of drug-likeness (QED) is 0.192. The summed E-state index contributed by atoms with van der Waals surface area (Å²) in [5.74, 6) is 0. The third-order valence-corrected chi connectivity index (χ3v) is 13.4. The summed E-state index contributed by atoms with van der Waals surface area (Å²) in [6, 6.07) is 45.2. The summed E-state index contributed by atoms with van der Waals surface area (Å²) in [7, 11) is -2.68. The van der Waals surface area contributed by atoms with Crippen LogP contribution in [0, 0.1) is 0 Å². The Labute approximate surface area is 222 Å². The third-order valence-electron chi connectivity index (χ3n) is 7.45. The van der Waals surface area contributed by atoms with E-state index in [4.69, 9.17) is 0 Å². The van der Waals surface area contributed by atoms with Gasteiger partial charge in [0.25, 0.3) is 0 Å². The molecule has 0 aliphatic carbocycles. The van der Waals surface area contributed by atoms with Gasteiger partial charge in [0, 0.05) is 8.95 Å². The van der Waals surface area contributed by atoms with Gasteiger partial charge in [0.05, 0.1) is 0 Å². The van der Waals surface area contributed by atoms with Gasteiger partial charge in [-0.2, -0.15) is 0 Å². The first kappa shape index (κ1) is 21.3. The Balaban J connectivity index is 1.77. The number of hydrogen-bond acceptors (Lipinski definition) is 0. The normalized spacial score (nSPS) is 13.7. The molecule has 6 aromatic carbocycles. The molecule has 0 saturated heterocycles. The predicted molar refractivity (Wildman–Crippen MR) is 159 cm³/mol. The summed E-state index contributed by atoms with van der Waals surface area (Å²) < 4.78 is 2.25. The fourth-order valence-corrected chi connectivity index (χ4v) is 12.9. The smallest absolute Gasteiger partial charge is 0.0617 e. The maximum Gasteiger partial charge on any atom is 0.182 e. The molecule has 0 aromatic heterocycles. The van der Waals surface area contributed by atoms with Gasteiger partial charge in [0.15, 0.2) is 8.07 Å². The molecule has 7 rings (SSSR count). The second-order valence-electron chi connectivity index (χ2n) is 9.18. The van der Waals surface area contributed by atoms with E-state index < -0.39 is 8.07 Å². The molecule has 0 amide bonds. The minimum absolute atomic E-state index is 1.13. The minimum atomic E-state index is -2.68. The van der Waals surface area contributed by atoms with Crippen LogP contribution in [0.5, 0.6) is 0 Å². The SMILES string of the molecule is Brc1ccc2c(c1)[Si](c1cccc3ccccc13)(c1cccc3ccccc13)c1cc(Br)ccc1-2. The number of hydrogen-bond donors (Lipinski definition) is 0. The van der Waals surface area contributed by atoms with Crippen LogP contribution in [0.2, 0.25) is 0 Å². The molecule has 1 aliphatic rings. The average Bonchev–Trinajstić information content (AvgIpc) is 3.17. The Morgan fingerprint density at radius 2 is 0.829 bits per heavy atom. The van der Waals surface area contributed by atoms with Crippen LogP contribution in [0.1, 0.15) is 0 Å². The molecule has 35 heavy (non-hydrogen) atoms. The lowest BCUT2D eigenvalue weighted by molar-refractivity contribution is 1.65. The zero-order chi connectivity index (χ0) is 23.6. The molecule has 0 saturated carbocycles. The highest BCUT2D eigenvalue weighted by Gasteiger charge is 2.50. The highest BCUT2D eigenvalue weighted by atomic mass is 79.9.